The summed E-state index contributed by atoms with van der Waals surface area (Å²) in [6.07, 6.45) is 3.06. The van der Waals surface area contributed by atoms with Crippen molar-refractivity contribution in [3.8, 4) is 0 Å². The molecule has 1 aromatic carbocycles. The number of benzene rings is 1. The van der Waals surface area contributed by atoms with E-state index < -0.39 is 5.91 Å². The zero-order valence-corrected chi connectivity index (χ0v) is 19.1. The summed E-state index contributed by atoms with van der Waals surface area (Å²) in [7, 11) is 0. The number of nitrogens with zero attached hydrogens (tertiary/aromatic N) is 3. The number of halogens is 1. The molecule has 0 bridgehead atoms. The first kappa shape index (κ1) is 22.7. The van der Waals surface area contributed by atoms with Crippen molar-refractivity contribution < 1.29 is 9.59 Å². The fourth-order valence-corrected chi connectivity index (χ4v) is 3.45. The van der Waals surface area contributed by atoms with Crippen molar-refractivity contribution >= 4 is 52.0 Å². The summed E-state index contributed by atoms with van der Waals surface area (Å²) in [5.41, 5.74) is 12.4. The van der Waals surface area contributed by atoms with E-state index in [1.54, 1.807) is 0 Å². The van der Waals surface area contributed by atoms with E-state index in [1.807, 2.05) is 52.9 Å². The maximum absolute atomic E-state index is 12.4. The van der Waals surface area contributed by atoms with Crippen LogP contribution in [0, 0.1) is 3.70 Å². The van der Waals surface area contributed by atoms with Crippen molar-refractivity contribution in [2.45, 2.75) is 31.7 Å². The number of nitrogens with one attached hydrogen (secondary N) is 3. The number of guanidine groups is 1. The molecule has 0 saturated carbocycles. The van der Waals surface area contributed by atoms with Gasteiger partial charge in [-0.25, -0.2) is 9.97 Å². The molecule has 1 aliphatic rings. The van der Waals surface area contributed by atoms with Crippen LogP contribution < -0.4 is 27.4 Å². The summed E-state index contributed by atoms with van der Waals surface area (Å²) < 4.78 is 0.409. The number of nitrogen functional groups attached to an aromatic ring is 2. The average molecular weight is 536 g/mol. The monoisotopic (exact) mass is 536 g/mol. The molecular formula is C20H25IN8O2. The van der Waals surface area contributed by atoms with Gasteiger partial charge in [-0.2, -0.15) is 0 Å². The highest BCUT2D eigenvalue weighted by molar-refractivity contribution is 14.1. The second-order valence-electron chi connectivity index (χ2n) is 7.13. The van der Waals surface area contributed by atoms with Crippen molar-refractivity contribution in [1.82, 2.24) is 25.9 Å². The second-order valence-corrected chi connectivity index (χ2v) is 8.15. The number of hydrogen-bond donors (Lipinski definition) is 5. The fraction of sp³-hybridized carbons (Fsp3) is 0.350. The van der Waals surface area contributed by atoms with E-state index in [2.05, 4.69) is 30.9 Å². The van der Waals surface area contributed by atoms with Crippen LogP contribution in [0.15, 0.2) is 35.3 Å². The first-order valence-electron chi connectivity index (χ1n) is 9.94. The molecule has 0 radical (unpaired) electrons. The maximum atomic E-state index is 12.4. The molecule has 7 N–H and O–H groups in total. The van der Waals surface area contributed by atoms with Gasteiger partial charge in [-0.3, -0.25) is 19.9 Å². The van der Waals surface area contributed by atoms with E-state index >= 15 is 0 Å². The molecule has 0 fully saturated rings. The number of amides is 2. The van der Waals surface area contributed by atoms with Gasteiger partial charge in [0, 0.05) is 12.6 Å². The van der Waals surface area contributed by atoms with E-state index in [0.717, 1.165) is 24.8 Å². The third-order valence-corrected chi connectivity index (χ3v) is 5.47. The van der Waals surface area contributed by atoms with E-state index in [1.165, 1.54) is 0 Å². The van der Waals surface area contributed by atoms with Gasteiger partial charge in [0.05, 0.1) is 13.0 Å². The third kappa shape index (κ3) is 6.77. The lowest BCUT2D eigenvalue weighted by Crippen LogP contribution is -2.42. The van der Waals surface area contributed by atoms with E-state index in [0.29, 0.717) is 29.2 Å². The van der Waals surface area contributed by atoms with Gasteiger partial charge >= 0.3 is 0 Å². The van der Waals surface area contributed by atoms with Crippen LogP contribution >= 0.6 is 22.6 Å². The zero-order valence-electron chi connectivity index (χ0n) is 16.9. The molecule has 2 aromatic rings. The number of carbonyl (C=O) groups is 2. The highest BCUT2D eigenvalue weighted by Gasteiger charge is 2.22. The van der Waals surface area contributed by atoms with Crippen molar-refractivity contribution in [2.75, 3.05) is 24.6 Å². The number of unbranched alkanes of at least 4 members (excludes halogenated alkanes) is 1. The standard InChI is InChI=1S/C20H25IN8O2/c21-16-18(23)28-17(22)15(27-16)19(31)29-20-25-11-13(26-20)8-4-5-9-24-14(30)10-12-6-2-1-3-7-12/h1-3,6-7,13H,4-5,8-11H2,(H,24,30)(H4,22,23,28)(H2,25,26,29,31)/t13-/m0/s1. The van der Waals surface area contributed by atoms with Crippen molar-refractivity contribution in [1.29, 1.82) is 0 Å². The fourth-order valence-electron chi connectivity index (χ4n) is 3.09. The van der Waals surface area contributed by atoms with Gasteiger partial charge in [0.15, 0.2) is 23.3 Å². The Kier molecular flexibility index (Phi) is 7.98. The molecule has 1 atom stereocenters. The van der Waals surface area contributed by atoms with Crippen LogP contribution in [0.1, 0.15) is 35.3 Å². The first-order valence-corrected chi connectivity index (χ1v) is 11.0. The lowest BCUT2D eigenvalue weighted by Gasteiger charge is -2.13. The minimum atomic E-state index is -0.490. The molecule has 2 amide bonds. The molecule has 2 heterocycles. The van der Waals surface area contributed by atoms with Crippen LogP contribution in [0.25, 0.3) is 0 Å². The Labute approximate surface area is 193 Å². The average Bonchev–Trinajstić information content (AvgIpc) is 3.18. The second kappa shape index (κ2) is 10.9. The van der Waals surface area contributed by atoms with Gasteiger partial charge < -0.3 is 22.1 Å². The molecule has 1 aromatic heterocycles. The third-order valence-electron chi connectivity index (χ3n) is 4.67. The van der Waals surface area contributed by atoms with Crippen LogP contribution in [0.2, 0.25) is 0 Å². The summed E-state index contributed by atoms with van der Waals surface area (Å²) in [6.45, 7) is 1.20. The minimum absolute atomic E-state index is 0.0118. The van der Waals surface area contributed by atoms with Crippen molar-refractivity contribution in [3.05, 3.63) is 45.3 Å². The Morgan fingerprint density at radius 3 is 2.68 bits per heavy atom. The number of hydrogen-bond acceptors (Lipinski definition) is 8. The summed E-state index contributed by atoms with van der Waals surface area (Å²) in [4.78, 5) is 36.7. The molecule has 3 rings (SSSR count). The molecule has 1 aliphatic heterocycles. The smallest absolute Gasteiger partial charge is 0.280 e. The predicted octanol–water partition coefficient (Wildman–Crippen LogP) is 0.832. The number of nitrogens with two attached hydrogens (primary N) is 2. The van der Waals surface area contributed by atoms with Crippen LogP contribution in [-0.4, -0.2) is 46.9 Å². The first-order chi connectivity index (χ1) is 14.9. The van der Waals surface area contributed by atoms with Crippen LogP contribution in [0.3, 0.4) is 0 Å². The van der Waals surface area contributed by atoms with Gasteiger partial charge in [0.1, 0.15) is 3.70 Å². The summed E-state index contributed by atoms with van der Waals surface area (Å²) in [5.74, 6) is 0.0792. The Bertz CT molecular complexity index is 967. The minimum Gasteiger partial charge on any atom is -0.382 e. The largest absolute Gasteiger partial charge is 0.382 e. The maximum Gasteiger partial charge on any atom is 0.280 e. The van der Waals surface area contributed by atoms with Crippen LogP contribution in [0.4, 0.5) is 11.6 Å². The normalized spacial score (nSPS) is 15.1. The van der Waals surface area contributed by atoms with Crippen molar-refractivity contribution in [3.63, 3.8) is 0 Å². The number of aliphatic imine (C=N–C) groups is 1. The topological polar surface area (TPSA) is 160 Å². The Morgan fingerprint density at radius 1 is 1.13 bits per heavy atom. The molecular weight excluding hydrogens is 511 g/mol. The molecule has 0 unspecified atom stereocenters. The summed E-state index contributed by atoms with van der Waals surface area (Å²) >= 11 is 1.89. The molecule has 164 valence electrons. The van der Waals surface area contributed by atoms with Gasteiger partial charge in [0.25, 0.3) is 5.91 Å². The predicted molar refractivity (Wildman–Crippen MR) is 127 cm³/mol. The van der Waals surface area contributed by atoms with Crippen molar-refractivity contribution in [2.24, 2.45) is 4.99 Å². The lowest BCUT2D eigenvalue weighted by atomic mass is 10.1. The highest BCUT2D eigenvalue weighted by atomic mass is 127. The number of carbonyl (C=O) groups excluding carboxylic acids is 2. The Hall–Kier alpha value is -2.96. The number of aromatic nitrogens is 2. The number of anilines is 2. The van der Waals surface area contributed by atoms with E-state index in [9.17, 15) is 9.59 Å². The Morgan fingerprint density at radius 2 is 1.90 bits per heavy atom. The molecule has 0 saturated heterocycles. The summed E-state index contributed by atoms with van der Waals surface area (Å²) in [6, 6.07) is 9.79. The van der Waals surface area contributed by atoms with Gasteiger partial charge in [-0.05, 0) is 47.4 Å². The van der Waals surface area contributed by atoms with E-state index in [4.69, 9.17) is 11.5 Å². The Balaban J connectivity index is 1.32. The molecule has 0 aliphatic carbocycles. The lowest BCUT2D eigenvalue weighted by molar-refractivity contribution is -0.120. The highest BCUT2D eigenvalue weighted by Crippen LogP contribution is 2.14. The molecule has 10 nitrogen and oxygen atoms in total. The van der Waals surface area contributed by atoms with E-state index in [-0.39, 0.29) is 29.3 Å². The SMILES string of the molecule is Nc1nc(N)c(C(=O)NC2=NC[C@H](CCCCNC(=O)Cc3ccccc3)N2)nc1I. The van der Waals surface area contributed by atoms with Crippen LogP contribution in [0.5, 0.6) is 0 Å². The van der Waals surface area contributed by atoms with Gasteiger partial charge in [0.2, 0.25) is 5.91 Å². The summed E-state index contributed by atoms with van der Waals surface area (Å²) in [5, 5.41) is 8.80. The zero-order chi connectivity index (χ0) is 22.2. The molecule has 31 heavy (non-hydrogen) atoms. The molecule has 11 heteroatoms. The number of rotatable bonds is 8. The molecule has 0 spiro atoms. The van der Waals surface area contributed by atoms with Gasteiger partial charge in [-0.15, -0.1) is 0 Å². The van der Waals surface area contributed by atoms with Crippen LogP contribution in [-0.2, 0) is 11.2 Å². The quantitative estimate of drug-likeness (QED) is 0.247. The van der Waals surface area contributed by atoms with Gasteiger partial charge in [-0.1, -0.05) is 30.3 Å².